The second-order valence-electron chi connectivity index (χ2n) is 11.1. The average molecular weight is 674 g/mol. The highest BCUT2D eigenvalue weighted by Crippen LogP contribution is 2.52. The molecule has 12 nitrogen and oxygen atoms in total. The molecule has 0 amide bonds. The van der Waals surface area contributed by atoms with Gasteiger partial charge in [0.05, 0.1) is 12.4 Å². The number of hydrogen-bond donors (Lipinski definition) is 2. The van der Waals surface area contributed by atoms with Gasteiger partial charge in [0, 0.05) is 20.8 Å². The molecule has 46 heavy (non-hydrogen) atoms. The maximum atomic E-state index is 13.0. The van der Waals surface area contributed by atoms with Crippen LogP contribution in [0.3, 0.4) is 0 Å². The van der Waals surface area contributed by atoms with Crippen molar-refractivity contribution in [3.8, 4) is 0 Å². The molecule has 0 spiro atoms. The van der Waals surface area contributed by atoms with Crippen molar-refractivity contribution in [1.29, 1.82) is 0 Å². The molecule has 4 atom stereocenters. The molecule has 13 heteroatoms. The quantitative estimate of drug-likeness (QED) is 0.0916. The molecule has 268 valence electrons. The minimum Gasteiger partial charge on any atom is -0.371 e. The number of aromatic amines is 1. The van der Waals surface area contributed by atoms with Crippen LogP contribution in [0.15, 0.2) is 11.1 Å². The number of rotatable bonds is 22. The van der Waals surface area contributed by atoms with E-state index in [-0.39, 0.29) is 17.1 Å². The van der Waals surface area contributed by atoms with Gasteiger partial charge >= 0.3 is 7.82 Å². The summed E-state index contributed by atoms with van der Waals surface area (Å²) >= 11 is 0. The first kappa shape index (κ1) is 42.2. The number of fused-ring (bicyclic) bond motifs is 1. The minimum absolute atomic E-state index is 0.0322. The number of imidazole rings is 1. The van der Waals surface area contributed by atoms with E-state index >= 15 is 0 Å². The summed E-state index contributed by atoms with van der Waals surface area (Å²) in [4.78, 5) is 23.3. The van der Waals surface area contributed by atoms with E-state index in [4.69, 9.17) is 28.8 Å². The number of aromatic nitrogens is 4. The lowest BCUT2D eigenvalue weighted by molar-refractivity contribution is -0.0677. The summed E-state index contributed by atoms with van der Waals surface area (Å²) in [7, 11) is -1.30. The van der Waals surface area contributed by atoms with Crippen LogP contribution in [0.4, 0.5) is 5.95 Å². The molecule has 2 aromatic heterocycles. The molecule has 0 radical (unpaired) electrons. The van der Waals surface area contributed by atoms with Gasteiger partial charge in [0.15, 0.2) is 17.4 Å². The molecular weight excluding hydrogens is 609 g/mol. The van der Waals surface area contributed by atoms with Gasteiger partial charge in [0.25, 0.3) is 5.56 Å². The first-order chi connectivity index (χ1) is 22.4. The van der Waals surface area contributed by atoms with Crippen molar-refractivity contribution in [1.82, 2.24) is 19.5 Å². The molecule has 4 unspecified atom stereocenters. The van der Waals surface area contributed by atoms with E-state index < -0.39 is 37.9 Å². The van der Waals surface area contributed by atoms with Gasteiger partial charge in [-0.3, -0.25) is 27.9 Å². The number of nitrogens with two attached hydrogens (primary N) is 1. The molecule has 1 aliphatic rings. The van der Waals surface area contributed by atoms with Gasteiger partial charge < -0.3 is 15.2 Å². The molecule has 0 aliphatic carbocycles. The number of H-pyrrole nitrogens is 1. The molecule has 0 saturated carbocycles. The number of nitrogen functional groups attached to an aromatic ring is 1. The lowest BCUT2D eigenvalue weighted by Gasteiger charge is -2.27. The topological polar surface area (TPSA) is 153 Å². The van der Waals surface area contributed by atoms with Crippen molar-refractivity contribution in [2.75, 3.05) is 26.6 Å². The van der Waals surface area contributed by atoms with Crippen LogP contribution >= 0.6 is 7.82 Å². The van der Waals surface area contributed by atoms with Crippen LogP contribution in [0.1, 0.15) is 144 Å². The average Bonchev–Trinajstić information content (AvgIpc) is 3.65. The first-order valence-corrected chi connectivity index (χ1v) is 19.2. The maximum absolute atomic E-state index is 13.0. The Morgan fingerprint density at radius 1 is 0.870 bits per heavy atom. The van der Waals surface area contributed by atoms with Gasteiger partial charge in [0.2, 0.25) is 5.95 Å². The van der Waals surface area contributed by atoms with Crippen molar-refractivity contribution < 1.29 is 27.6 Å². The smallest absolute Gasteiger partial charge is 0.371 e. The van der Waals surface area contributed by atoms with E-state index in [1.54, 1.807) is 4.57 Å². The van der Waals surface area contributed by atoms with Gasteiger partial charge in [-0.1, -0.05) is 125 Å². The van der Waals surface area contributed by atoms with Gasteiger partial charge in [-0.2, -0.15) is 4.98 Å². The Labute approximate surface area is 277 Å². The Bertz CT molecular complexity index is 1150. The van der Waals surface area contributed by atoms with Crippen molar-refractivity contribution in [2.45, 2.75) is 162 Å². The maximum Gasteiger partial charge on any atom is 0.474 e. The zero-order chi connectivity index (χ0) is 34.4. The molecule has 0 aromatic carbocycles. The zero-order valence-corrected chi connectivity index (χ0v) is 30.8. The summed E-state index contributed by atoms with van der Waals surface area (Å²) in [5.41, 5.74) is 5.77. The zero-order valence-electron chi connectivity index (χ0n) is 29.9. The second-order valence-corrected chi connectivity index (χ2v) is 12.9. The summed E-state index contributed by atoms with van der Waals surface area (Å²) in [6.45, 7) is 12.7. The Balaban J connectivity index is 0.00000254. The van der Waals surface area contributed by atoms with Gasteiger partial charge in [-0.15, -0.1) is 0 Å². The standard InChI is InChI=1S/C29H52N5O7P.2C2H6/c1-5-7-8-9-10-11-12-13-14-15-16-17-18-19-20-39-25-24(41-42(36,37-3)38-4)22(6-2)40-28(25)34-21-31-23-26(34)32-29(30)33-27(23)35;2*1-2/h21-22,24-25,28H,5-20H2,1-4H3,(H3,30,32,33,35);2*1-2H3. The number of anilines is 1. The lowest BCUT2D eigenvalue weighted by Crippen LogP contribution is -2.36. The van der Waals surface area contributed by atoms with Gasteiger partial charge in [-0.05, 0) is 12.8 Å². The van der Waals surface area contributed by atoms with Crippen LogP contribution in [-0.4, -0.2) is 58.7 Å². The highest BCUT2D eigenvalue weighted by molar-refractivity contribution is 7.48. The summed E-state index contributed by atoms with van der Waals surface area (Å²) in [6.07, 6.45) is 17.1. The number of nitrogens with zero attached hydrogens (tertiary/aromatic N) is 3. The second kappa shape index (κ2) is 24.3. The Morgan fingerprint density at radius 2 is 1.39 bits per heavy atom. The van der Waals surface area contributed by atoms with Gasteiger partial charge in [-0.25, -0.2) is 9.55 Å². The van der Waals surface area contributed by atoms with Crippen LogP contribution in [0.25, 0.3) is 11.2 Å². The first-order valence-electron chi connectivity index (χ1n) is 17.8. The van der Waals surface area contributed by atoms with Crippen molar-refractivity contribution in [3.05, 3.63) is 16.7 Å². The van der Waals surface area contributed by atoms with Crippen LogP contribution in [0, 0.1) is 0 Å². The summed E-state index contributed by atoms with van der Waals surface area (Å²) in [6, 6.07) is 0. The predicted octanol–water partition coefficient (Wildman–Crippen LogP) is 8.71. The van der Waals surface area contributed by atoms with Crippen LogP contribution < -0.4 is 11.3 Å². The molecule has 3 heterocycles. The highest BCUT2D eigenvalue weighted by Gasteiger charge is 2.50. The van der Waals surface area contributed by atoms with E-state index in [1.165, 1.54) is 91.2 Å². The third-order valence-electron chi connectivity index (χ3n) is 7.92. The van der Waals surface area contributed by atoms with Crippen molar-refractivity contribution in [3.63, 3.8) is 0 Å². The van der Waals surface area contributed by atoms with Crippen molar-refractivity contribution >= 4 is 24.9 Å². The summed E-state index contributed by atoms with van der Waals surface area (Å²) < 4.78 is 43.3. The molecule has 0 bridgehead atoms. The van der Waals surface area contributed by atoms with E-state index in [0.29, 0.717) is 13.0 Å². The van der Waals surface area contributed by atoms with E-state index in [9.17, 15) is 9.36 Å². The number of nitrogens with one attached hydrogen (secondary N) is 1. The Hall–Kier alpha value is -1.82. The molecule has 1 aliphatic heterocycles. The fourth-order valence-electron chi connectivity index (χ4n) is 5.52. The van der Waals surface area contributed by atoms with Gasteiger partial charge in [0.1, 0.15) is 12.2 Å². The molecular formula is C33H64N5O7P. The number of unbranched alkanes of at least 4 members (excludes halogenated alkanes) is 13. The molecule has 3 N–H and O–H groups in total. The third-order valence-corrected chi connectivity index (χ3v) is 9.31. The van der Waals surface area contributed by atoms with Crippen LogP contribution in [-0.2, 0) is 27.6 Å². The fraction of sp³-hybridized carbons (Fsp3) is 0.848. The fourth-order valence-corrected chi connectivity index (χ4v) is 6.40. The van der Waals surface area contributed by atoms with E-state index in [2.05, 4.69) is 21.9 Å². The number of phosphoric ester groups is 1. The summed E-state index contributed by atoms with van der Waals surface area (Å²) in [5, 5.41) is 0. The Kier molecular flexibility index (Phi) is 22.3. The van der Waals surface area contributed by atoms with Crippen molar-refractivity contribution in [2.24, 2.45) is 0 Å². The summed E-state index contributed by atoms with van der Waals surface area (Å²) in [5.74, 6) is -0.0322. The largest absolute Gasteiger partial charge is 0.474 e. The molecule has 1 saturated heterocycles. The van der Waals surface area contributed by atoms with Crippen LogP contribution in [0.2, 0.25) is 0 Å². The lowest BCUT2D eigenvalue weighted by atomic mass is 10.0. The van der Waals surface area contributed by atoms with E-state index in [1.807, 2.05) is 34.6 Å². The predicted molar refractivity (Wildman–Crippen MR) is 186 cm³/mol. The number of ether oxygens (including phenoxy) is 2. The Morgan fingerprint density at radius 3 is 1.89 bits per heavy atom. The molecule has 3 rings (SSSR count). The van der Waals surface area contributed by atoms with E-state index in [0.717, 1.165) is 19.3 Å². The normalized spacial score (nSPS) is 19.5. The SMILES string of the molecule is CC.CC.CCCCCCCCCCCCCCCCOC1C(OP(=O)(OC)OC)C(CC)OC1n1cnc2c(=O)[nH]c(N)nc21. The van der Waals surface area contributed by atoms with Crippen LogP contribution in [0.5, 0.6) is 0 Å². The monoisotopic (exact) mass is 673 g/mol. The minimum atomic E-state index is -3.84. The molecule has 1 fully saturated rings. The highest BCUT2D eigenvalue weighted by atomic mass is 31.2. The number of phosphoric acid groups is 1. The number of hydrogen-bond acceptors (Lipinski definition) is 10. The third kappa shape index (κ3) is 13.4. The molecule has 2 aromatic rings.